The molecule has 0 fully saturated rings. The molecule has 0 unspecified atom stereocenters. The molecule has 0 radical (unpaired) electrons. The summed E-state index contributed by atoms with van der Waals surface area (Å²) in [5.74, 6) is 0.645. The number of hydrogen-bond acceptors (Lipinski definition) is 0. The van der Waals surface area contributed by atoms with Crippen LogP contribution in [0.25, 0.3) is 0 Å². The molecule has 0 aliphatic heterocycles. The highest BCUT2D eigenvalue weighted by Gasteiger charge is 1.80. The van der Waals surface area contributed by atoms with Crippen molar-refractivity contribution in [3.05, 3.63) is 24.3 Å². The van der Waals surface area contributed by atoms with Crippen molar-refractivity contribution in [2.75, 3.05) is 0 Å². The maximum absolute atomic E-state index is 3.74. The molecular formula is C8H14. The zero-order valence-electron chi connectivity index (χ0n) is 5.94. The van der Waals surface area contributed by atoms with Crippen molar-refractivity contribution in [1.29, 1.82) is 0 Å². The highest BCUT2D eigenvalue weighted by atomic mass is 13.9. The van der Waals surface area contributed by atoms with Crippen molar-refractivity contribution in [1.82, 2.24) is 0 Å². The molecule has 0 bridgehead atoms. The molecule has 0 heterocycles. The van der Waals surface area contributed by atoms with Crippen LogP contribution < -0.4 is 0 Å². The van der Waals surface area contributed by atoms with Gasteiger partial charge in [0.1, 0.15) is 0 Å². The maximum Gasteiger partial charge on any atom is -0.0287 e. The minimum Gasteiger partial charge on any atom is -0.0961 e. The fourth-order valence-corrected chi connectivity index (χ4v) is 0.357. The van der Waals surface area contributed by atoms with E-state index in [0.29, 0.717) is 5.92 Å². The Morgan fingerprint density at radius 2 is 2.00 bits per heavy atom. The van der Waals surface area contributed by atoms with Crippen molar-refractivity contribution >= 4 is 0 Å². The largest absolute Gasteiger partial charge is 0.0961 e. The van der Waals surface area contributed by atoms with Crippen molar-refractivity contribution in [3.8, 4) is 0 Å². The number of hydrogen-bond donors (Lipinski definition) is 0. The predicted octanol–water partition coefficient (Wildman–Crippen LogP) is 2.77. The quantitative estimate of drug-likeness (QED) is 0.479. The Kier molecular flexibility index (Phi) is 3.25. The molecule has 8 heavy (non-hydrogen) atoms. The number of allylic oxidation sites excluding steroid dienone is 3. The van der Waals surface area contributed by atoms with Gasteiger partial charge in [0.25, 0.3) is 0 Å². The average Bonchev–Trinajstić information content (AvgIpc) is 1.61. The SMILES string of the molecule is C=C(C)/C=C/C(C)C. The van der Waals surface area contributed by atoms with Gasteiger partial charge >= 0.3 is 0 Å². The highest BCUT2D eigenvalue weighted by Crippen LogP contribution is 1.96. The lowest BCUT2D eigenvalue weighted by Gasteiger charge is -1.91. The van der Waals surface area contributed by atoms with Crippen LogP contribution in [0.1, 0.15) is 20.8 Å². The van der Waals surface area contributed by atoms with Gasteiger partial charge in [-0.05, 0) is 12.8 Å². The summed E-state index contributed by atoms with van der Waals surface area (Å²) in [6, 6.07) is 0. The standard InChI is InChI=1S/C8H14/c1-7(2)5-6-8(3)4/h5-6,8H,1H2,2-4H3/b6-5+. The van der Waals surface area contributed by atoms with Gasteiger partial charge in [-0.1, -0.05) is 38.2 Å². The normalized spacial score (nSPS) is 11.0. The third-order valence-electron chi connectivity index (χ3n) is 0.766. The first-order valence-corrected chi connectivity index (χ1v) is 2.96. The zero-order chi connectivity index (χ0) is 6.57. The lowest BCUT2D eigenvalue weighted by Crippen LogP contribution is -1.76. The summed E-state index contributed by atoms with van der Waals surface area (Å²) in [6.45, 7) is 10.0. The van der Waals surface area contributed by atoms with Crippen molar-refractivity contribution in [3.63, 3.8) is 0 Å². The average molecular weight is 110 g/mol. The molecular weight excluding hydrogens is 96.1 g/mol. The first-order chi connectivity index (χ1) is 3.63. The Bertz CT molecular complexity index is 96.6. The zero-order valence-corrected chi connectivity index (χ0v) is 5.94. The van der Waals surface area contributed by atoms with Crippen LogP contribution >= 0.6 is 0 Å². The minimum absolute atomic E-state index is 0.645. The maximum atomic E-state index is 3.74. The van der Waals surface area contributed by atoms with Gasteiger partial charge in [0.15, 0.2) is 0 Å². The summed E-state index contributed by atoms with van der Waals surface area (Å²) in [4.78, 5) is 0. The molecule has 46 valence electrons. The molecule has 0 aliphatic rings. The second-order valence-electron chi connectivity index (χ2n) is 2.45. The minimum atomic E-state index is 0.645. The molecule has 0 aromatic carbocycles. The fourth-order valence-electron chi connectivity index (χ4n) is 0.357. The van der Waals surface area contributed by atoms with Crippen LogP contribution in [-0.2, 0) is 0 Å². The molecule has 0 saturated heterocycles. The van der Waals surface area contributed by atoms with E-state index >= 15 is 0 Å². The number of rotatable bonds is 2. The lowest BCUT2D eigenvalue weighted by atomic mass is 10.2. The summed E-state index contributed by atoms with van der Waals surface area (Å²) in [5.41, 5.74) is 1.12. The van der Waals surface area contributed by atoms with Gasteiger partial charge in [-0.25, -0.2) is 0 Å². The Morgan fingerprint density at radius 3 is 2.12 bits per heavy atom. The molecule has 0 saturated carbocycles. The van der Waals surface area contributed by atoms with E-state index in [1.165, 1.54) is 0 Å². The summed E-state index contributed by atoms with van der Waals surface area (Å²) in [5, 5.41) is 0. The molecule has 0 spiro atoms. The van der Waals surface area contributed by atoms with E-state index in [1.54, 1.807) is 0 Å². The summed E-state index contributed by atoms with van der Waals surface area (Å²) in [7, 11) is 0. The molecule has 0 atom stereocenters. The molecule has 0 aromatic heterocycles. The van der Waals surface area contributed by atoms with E-state index in [9.17, 15) is 0 Å². The van der Waals surface area contributed by atoms with Gasteiger partial charge in [0.2, 0.25) is 0 Å². The Balaban J connectivity index is 3.50. The molecule has 0 heteroatoms. The van der Waals surface area contributed by atoms with Crippen LogP contribution in [0.3, 0.4) is 0 Å². The second-order valence-corrected chi connectivity index (χ2v) is 2.45. The Hall–Kier alpha value is -0.520. The fraction of sp³-hybridized carbons (Fsp3) is 0.500. The van der Waals surface area contributed by atoms with E-state index in [2.05, 4.69) is 26.5 Å². The lowest BCUT2D eigenvalue weighted by molar-refractivity contribution is 0.831. The van der Waals surface area contributed by atoms with Gasteiger partial charge in [-0.3, -0.25) is 0 Å². The predicted molar refractivity (Wildman–Crippen MR) is 38.8 cm³/mol. The molecule has 0 rings (SSSR count). The molecule has 0 nitrogen and oxygen atoms in total. The summed E-state index contributed by atoms with van der Waals surface area (Å²) >= 11 is 0. The Morgan fingerprint density at radius 1 is 1.50 bits per heavy atom. The van der Waals surface area contributed by atoms with Gasteiger partial charge < -0.3 is 0 Å². The van der Waals surface area contributed by atoms with Gasteiger partial charge in [-0.2, -0.15) is 0 Å². The first kappa shape index (κ1) is 7.48. The van der Waals surface area contributed by atoms with E-state index in [-0.39, 0.29) is 0 Å². The topological polar surface area (TPSA) is 0 Å². The van der Waals surface area contributed by atoms with E-state index in [1.807, 2.05) is 13.0 Å². The van der Waals surface area contributed by atoms with Crippen molar-refractivity contribution < 1.29 is 0 Å². The van der Waals surface area contributed by atoms with Crippen molar-refractivity contribution in [2.45, 2.75) is 20.8 Å². The second kappa shape index (κ2) is 3.48. The van der Waals surface area contributed by atoms with Crippen LogP contribution in [0.4, 0.5) is 0 Å². The highest BCUT2D eigenvalue weighted by molar-refractivity contribution is 5.11. The Labute approximate surface area is 51.9 Å². The van der Waals surface area contributed by atoms with Gasteiger partial charge in [0, 0.05) is 0 Å². The van der Waals surface area contributed by atoms with Crippen LogP contribution in [0, 0.1) is 5.92 Å². The van der Waals surface area contributed by atoms with Crippen LogP contribution in [0.2, 0.25) is 0 Å². The smallest absolute Gasteiger partial charge is 0.0287 e. The van der Waals surface area contributed by atoms with E-state index in [4.69, 9.17) is 0 Å². The van der Waals surface area contributed by atoms with Crippen molar-refractivity contribution in [2.24, 2.45) is 5.92 Å². The molecule has 0 aromatic rings. The molecule has 0 amide bonds. The molecule has 0 aliphatic carbocycles. The van der Waals surface area contributed by atoms with E-state index < -0.39 is 0 Å². The van der Waals surface area contributed by atoms with Crippen LogP contribution in [0.5, 0.6) is 0 Å². The van der Waals surface area contributed by atoms with Gasteiger partial charge in [0.05, 0.1) is 0 Å². The third-order valence-corrected chi connectivity index (χ3v) is 0.766. The summed E-state index contributed by atoms with van der Waals surface area (Å²) < 4.78 is 0. The summed E-state index contributed by atoms with van der Waals surface area (Å²) in [6.07, 6.45) is 4.19. The van der Waals surface area contributed by atoms with E-state index in [0.717, 1.165) is 5.57 Å². The van der Waals surface area contributed by atoms with Gasteiger partial charge in [-0.15, -0.1) is 0 Å². The first-order valence-electron chi connectivity index (χ1n) is 2.96. The van der Waals surface area contributed by atoms with Crippen LogP contribution in [-0.4, -0.2) is 0 Å². The molecule has 0 N–H and O–H groups in total. The van der Waals surface area contributed by atoms with Crippen LogP contribution in [0.15, 0.2) is 24.3 Å². The third kappa shape index (κ3) is 5.48. The monoisotopic (exact) mass is 110 g/mol.